The van der Waals surface area contributed by atoms with Crippen molar-refractivity contribution >= 4 is 45.1 Å². The van der Waals surface area contributed by atoms with E-state index in [2.05, 4.69) is 20.4 Å². The topological polar surface area (TPSA) is 94.6 Å². The lowest BCUT2D eigenvalue weighted by Crippen LogP contribution is -2.23. The van der Waals surface area contributed by atoms with Crippen LogP contribution in [0.25, 0.3) is 21.7 Å². The molecule has 41 heavy (non-hydrogen) atoms. The predicted octanol–water partition coefficient (Wildman–Crippen LogP) is 6.51. The Labute approximate surface area is 240 Å². The van der Waals surface area contributed by atoms with Crippen molar-refractivity contribution in [3.05, 3.63) is 71.0 Å². The minimum absolute atomic E-state index is 0.0349. The molecule has 2 aromatic carbocycles. The first-order chi connectivity index (χ1) is 19.6. The molecule has 0 saturated heterocycles. The number of carbonyl (C=O) groups is 1. The number of fused-ring (bicyclic) bond motifs is 3. The van der Waals surface area contributed by atoms with Gasteiger partial charge in [-0.3, -0.25) is 4.98 Å². The number of hydrogen-bond donors (Lipinski definition) is 2. The van der Waals surface area contributed by atoms with Gasteiger partial charge >= 0.3 is 12.3 Å². The summed E-state index contributed by atoms with van der Waals surface area (Å²) >= 11 is 5.89. The van der Waals surface area contributed by atoms with Gasteiger partial charge in [-0.1, -0.05) is 23.7 Å². The van der Waals surface area contributed by atoms with Crippen LogP contribution in [-0.2, 0) is 16.0 Å². The summed E-state index contributed by atoms with van der Waals surface area (Å²) in [4.78, 5) is 21.0. The molecule has 2 N–H and O–H groups in total. The maximum atomic E-state index is 12.4. The molecule has 218 valence electrons. The SMILES string of the molecule is COC(=O)c1ccc2c(c1)nc(N[C@@H](C)COCCCCNCc1ccc(OC(F)(F)F)c(Cl)c1)c1ccncc12. The first kappa shape index (κ1) is 30.3. The summed E-state index contributed by atoms with van der Waals surface area (Å²) < 4.78 is 51.7. The molecule has 0 unspecified atom stereocenters. The highest BCUT2D eigenvalue weighted by molar-refractivity contribution is 6.32. The van der Waals surface area contributed by atoms with E-state index in [9.17, 15) is 18.0 Å². The van der Waals surface area contributed by atoms with Crippen LogP contribution in [0.3, 0.4) is 0 Å². The number of alkyl halides is 3. The van der Waals surface area contributed by atoms with Crippen LogP contribution in [0, 0.1) is 0 Å². The van der Waals surface area contributed by atoms with Crippen molar-refractivity contribution in [2.45, 2.75) is 38.7 Å². The number of hydrogen-bond acceptors (Lipinski definition) is 8. The number of aromatic nitrogens is 2. The van der Waals surface area contributed by atoms with Gasteiger partial charge < -0.3 is 24.8 Å². The molecule has 0 aliphatic carbocycles. The van der Waals surface area contributed by atoms with E-state index < -0.39 is 18.1 Å². The summed E-state index contributed by atoms with van der Waals surface area (Å²) in [6.45, 7) is 4.22. The van der Waals surface area contributed by atoms with Gasteiger partial charge in [0.15, 0.2) is 0 Å². The zero-order valence-electron chi connectivity index (χ0n) is 22.6. The molecule has 0 aliphatic heterocycles. The van der Waals surface area contributed by atoms with Crippen LogP contribution in [-0.4, -0.2) is 55.2 Å². The minimum atomic E-state index is -4.78. The van der Waals surface area contributed by atoms with Crippen LogP contribution < -0.4 is 15.4 Å². The monoisotopic (exact) mass is 590 g/mol. The lowest BCUT2D eigenvalue weighted by atomic mass is 10.1. The number of rotatable bonds is 13. The van der Waals surface area contributed by atoms with Crippen molar-refractivity contribution < 1.29 is 32.2 Å². The van der Waals surface area contributed by atoms with Crippen LogP contribution in [0.4, 0.5) is 19.0 Å². The van der Waals surface area contributed by atoms with E-state index in [0.29, 0.717) is 43.2 Å². The van der Waals surface area contributed by atoms with Crippen LogP contribution >= 0.6 is 11.6 Å². The number of anilines is 1. The normalized spacial score (nSPS) is 12.4. The van der Waals surface area contributed by atoms with E-state index in [1.54, 1.807) is 30.6 Å². The summed E-state index contributed by atoms with van der Waals surface area (Å²) in [5.74, 6) is -0.169. The molecule has 4 aromatic rings. The van der Waals surface area contributed by atoms with Crippen molar-refractivity contribution in [2.24, 2.45) is 0 Å². The van der Waals surface area contributed by atoms with E-state index in [0.717, 1.165) is 34.6 Å². The largest absolute Gasteiger partial charge is 0.573 e. The number of carbonyl (C=O) groups excluding carboxylic acids is 1. The van der Waals surface area contributed by atoms with Gasteiger partial charge in [0.2, 0.25) is 0 Å². The molecule has 0 amide bonds. The van der Waals surface area contributed by atoms with E-state index in [-0.39, 0.29) is 11.1 Å². The number of benzene rings is 2. The van der Waals surface area contributed by atoms with Crippen molar-refractivity contribution in [1.29, 1.82) is 0 Å². The van der Waals surface area contributed by atoms with Gasteiger partial charge in [0.1, 0.15) is 11.6 Å². The molecular weight excluding hydrogens is 561 g/mol. The van der Waals surface area contributed by atoms with E-state index in [1.807, 2.05) is 19.1 Å². The molecule has 0 aliphatic rings. The quantitative estimate of drug-likeness (QED) is 0.103. The highest BCUT2D eigenvalue weighted by Crippen LogP contribution is 2.31. The highest BCUT2D eigenvalue weighted by Gasteiger charge is 2.32. The Kier molecular flexibility index (Phi) is 10.2. The molecule has 0 fully saturated rings. The Hall–Kier alpha value is -3.67. The van der Waals surface area contributed by atoms with Crippen LogP contribution in [0.5, 0.6) is 5.75 Å². The Morgan fingerprint density at radius 2 is 1.90 bits per heavy atom. The second-order valence-corrected chi connectivity index (χ2v) is 9.83. The molecule has 4 rings (SSSR count). The van der Waals surface area contributed by atoms with Gasteiger partial charge in [-0.2, -0.15) is 0 Å². The fourth-order valence-electron chi connectivity index (χ4n) is 4.29. The fourth-order valence-corrected chi connectivity index (χ4v) is 4.53. The molecule has 2 heterocycles. The number of methoxy groups -OCH3 is 1. The number of esters is 1. The van der Waals surface area contributed by atoms with Gasteiger partial charge in [-0.25, -0.2) is 9.78 Å². The van der Waals surface area contributed by atoms with Gasteiger partial charge in [-0.05, 0) is 62.2 Å². The Balaban J connectivity index is 1.22. The van der Waals surface area contributed by atoms with Crippen LogP contribution in [0.15, 0.2) is 54.9 Å². The third-order valence-electron chi connectivity index (χ3n) is 6.21. The smallest absolute Gasteiger partial charge is 0.465 e. The molecule has 1 atom stereocenters. The zero-order chi connectivity index (χ0) is 29.4. The second kappa shape index (κ2) is 13.8. The Morgan fingerprint density at radius 1 is 1.07 bits per heavy atom. The summed E-state index contributed by atoms with van der Waals surface area (Å²) in [6.07, 6.45) is 0.403. The van der Waals surface area contributed by atoms with E-state index >= 15 is 0 Å². The fraction of sp³-hybridized carbons (Fsp3) is 0.345. The first-order valence-corrected chi connectivity index (χ1v) is 13.4. The first-order valence-electron chi connectivity index (χ1n) is 13.0. The number of nitrogens with one attached hydrogen (secondary N) is 2. The molecule has 0 radical (unpaired) electrons. The molecule has 0 bridgehead atoms. The summed E-state index contributed by atoms with van der Waals surface area (Å²) in [5.41, 5.74) is 1.84. The van der Waals surface area contributed by atoms with Crippen LogP contribution in [0.2, 0.25) is 5.02 Å². The van der Waals surface area contributed by atoms with Crippen molar-refractivity contribution in [3.63, 3.8) is 0 Å². The number of halogens is 4. The molecular formula is C29H30ClF3N4O4. The van der Waals surface area contributed by atoms with Gasteiger partial charge in [-0.15, -0.1) is 13.2 Å². The molecule has 2 aromatic heterocycles. The average Bonchev–Trinajstić information content (AvgIpc) is 2.94. The van der Waals surface area contributed by atoms with Crippen molar-refractivity contribution in [1.82, 2.24) is 15.3 Å². The zero-order valence-corrected chi connectivity index (χ0v) is 23.3. The van der Waals surface area contributed by atoms with Crippen molar-refractivity contribution in [2.75, 3.05) is 32.2 Å². The Bertz CT molecular complexity index is 1500. The minimum Gasteiger partial charge on any atom is -0.465 e. The van der Waals surface area contributed by atoms with Gasteiger partial charge in [0, 0.05) is 47.7 Å². The molecule has 12 heteroatoms. The third kappa shape index (κ3) is 8.42. The number of pyridine rings is 2. The maximum absolute atomic E-state index is 12.4. The predicted molar refractivity (Wildman–Crippen MR) is 151 cm³/mol. The standard InChI is InChI=1S/C29H30ClF3N4O4/c1-18(17-40-12-4-3-10-34-15-19-5-8-26(24(30)13-19)41-29(31,32)33)36-27-22-9-11-35-16-23(22)21-7-6-20(28(38)39-2)14-25(21)37-27/h5-9,11,13-14,16,18,34H,3-4,10,12,15,17H2,1-2H3,(H,36,37)/t18-/m0/s1. The van der Waals surface area contributed by atoms with Gasteiger partial charge in [0.05, 0.1) is 29.8 Å². The summed E-state index contributed by atoms with van der Waals surface area (Å²) in [6, 6.07) is 11.3. The van der Waals surface area contributed by atoms with Gasteiger partial charge in [0.25, 0.3) is 0 Å². The highest BCUT2D eigenvalue weighted by atomic mass is 35.5. The lowest BCUT2D eigenvalue weighted by Gasteiger charge is -2.17. The summed E-state index contributed by atoms with van der Waals surface area (Å²) in [5, 5.41) is 9.29. The Morgan fingerprint density at radius 3 is 2.66 bits per heavy atom. The number of nitrogens with zero attached hydrogens (tertiary/aromatic N) is 2. The summed E-state index contributed by atoms with van der Waals surface area (Å²) in [7, 11) is 1.34. The maximum Gasteiger partial charge on any atom is 0.573 e. The van der Waals surface area contributed by atoms with Crippen molar-refractivity contribution in [3.8, 4) is 5.75 Å². The second-order valence-electron chi connectivity index (χ2n) is 9.42. The third-order valence-corrected chi connectivity index (χ3v) is 6.51. The van der Waals surface area contributed by atoms with E-state index in [4.69, 9.17) is 26.1 Å². The number of ether oxygens (including phenoxy) is 3. The molecule has 0 saturated carbocycles. The molecule has 8 nitrogen and oxygen atoms in total. The van der Waals surface area contributed by atoms with E-state index in [1.165, 1.54) is 19.2 Å². The number of unbranched alkanes of at least 4 members (excludes halogenated alkanes) is 1. The molecule has 0 spiro atoms. The average molecular weight is 591 g/mol. The van der Waals surface area contributed by atoms with Crippen LogP contribution in [0.1, 0.15) is 35.7 Å². The lowest BCUT2D eigenvalue weighted by molar-refractivity contribution is -0.274.